The molecule has 6 nitrogen and oxygen atoms in total. The van der Waals surface area contributed by atoms with E-state index in [0.29, 0.717) is 33.7 Å². The van der Waals surface area contributed by atoms with Gasteiger partial charge in [-0.2, -0.15) is 0 Å². The van der Waals surface area contributed by atoms with Crippen molar-refractivity contribution in [1.29, 1.82) is 0 Å². The Morgan fingerprint density at radius 1 is 1.43 bits per heavy atom. The molecule has 0 bridgehead atoms. The lowest BCUT2D eigenvalue weighted by Crippen LogP contribution is -2.29. The highest BCUT2D eigenvalue weighted by atomic mass is 32.2. The number of aliphatic carboxylic acids is 1. The average molecular weight is 351 g/mol. The number of fused-ring (bicyclic) bond motifs is 1. The van der Waals surface area contributed by atoms with Crippen LogP contribution in [0.2, 0.25) is 0 Å². The van der Waals surface area contributed by atoms with Crippen LogP contribution in [0.15, 0.2) is 23.1 Å². The lowest BCUT2D eigenvalue weighted by atomic mass is 10.1. The molecule has 1 aromatic rings. The van der Waals surface area contributed by atoms with Crippen LogP contribution < -0.4 is 9.47 Å². The van der Waals surface area contributed by atoms with Gasteiger partial charge in [-0.25, -0.2) is 0 Å². The van der Waals surface area contributed by atoms with Gasteiger partial charge in [0.2, 0.25) is 6.79 Å². The summed E-state index contributed by atoms with van der Waals surface area (Å²) in [5.74, 6) is 0.171. The molecule has 2 heterocycles. The molecule has 8 heteroatoms. The van der Waals surface area contributed by atoms with Crippen molar-refractivity contribution in [3.8, 4) is 11.5 Å². The summed E-state index contributed by atoms with van der Waals surface area (Å²) in [6.07, 6.45) is 2.10. The second-order valence-corrected chi connectivity index (χ2v) is 6.59. The number of hydrogen-bond acceptors (Lipinski definition) is 6. The molecule has 2 aliphatic rings. The summed E-state index contributed by atoms with van der Waals surface area (Å²) in [5.41, 5.74) is 0.756. The second-order valence-electron chi connectivity index (χ2n) is 4.91. The van der Waals surface area contributed by atoms with Crippen LogP contribution >= 0.6 is 24.0 Å². The number of nitrogens with zero attached hydrogens (tertiary/aromatic N) is 1. The van der Waals surface area contributed by atoms with Gasteiger partial charge in [0, 0.05) is 18.5 Å². The maximum absolute atomic E-state index is 12.4. The van der Waals surface area contributed by atoms with Crippen LogP contribution in [0, 0.1) is 0 Å². The molecule has 1 N–H and O–H groups in total. The van der Waals surface area contributed by atoms with E-state index in [1.54, 1.807) is 12.1 Å². The van der Waals surface area contributed by atoms with Crippen LogP contribution in [0.1, 0.15) is 18.4 Å². The fraction of sp³-hybridized carbons (Fsp3) is 0.267. The largest absolute Gasteiger partial charge is 0.481 e. The number of ether oxygens (including phenoxy) is 2. The minimum absolute atomic E-state index is 0.00742. The van der Waals surface area contributed by atoms with Gasteiger partial charge in [0.15, 0.2) is 11.5 Å². The summed E-state index contributed by atoms with van der Waals surface area (Å²) in [7, 11) is 0. The zero-order chi connectivity index (χ0) is 16.4. The van der Waals surface area contributed by atoms with Gasteiger partial charge in [0.05, 0.1) is 4.91 Å². The Labute approximate surface area is 142 Å². The maximum Gasteiger partial charge on any atom is 0.303 e. The smallest absolute Gasteiger partial charge is 0.303 e. The molecule has 0 aliphatic carbocycles. The van der Waals surface area contributed by atoms with E-state index < -0.39 is 5.97 Å². The topological polar surface area (TPSA) is 76.1 Å². The van der Waals surface area contributed by atoms with Crippen LogP contribution in [-0.4, -0.2) is 39.5 Å². The van der Waals surface area contributed by atoms with Gasteiger partial charge in [0.25, 0.3) is 5.91 Å². The number of carbonyl (C=O) groups excluding carboxylic acids is 1. The first-order valence-corrected chi connectivity index (χ1v) is 8.14. The number of carboxylic acid groups (broad SMARTS) is 1. The van der Waals surface area contributed by atoms with Crippen LogP contribution in [-0.2, 0) is 9.59 Å². The van der Waals surface area contributed by atoms with E-state index in [4.69, 9.17) is 26.8 Å². The lowest BCUT2D eigenvalue weighted by Gasteiger charge is -2.13. The average Bonchev–Trinajstić information content (AvgIpc) is 3.08. The molecule has 0 aromatic heterocycles. The van der Waals surface area contributed by atoms with Gasteiger partial charge < -0.3 is 14.6 Å². The van der Waals surface area contributed by atoms with Gasteiger partial charge in [-0.1, -0.05) is 36.1 Å². The predicted molar refractivity (Wildman–Crippen MR) is 89.3 cm³/mol. The highest BCUT2D eigenvalue weighted by Crippen LogP contribution is 2.39. The van der Waals surface area contributed by atoms with Crippen molar-refractivity contribution in [2.45, 2.75) is 12.8 Å². The summed E-state index contributed by atoms with van der Waals surface area (Å²) in [4.78, 5) is 24.9. The van der Waals surface area contributed by atoms with Crippen molar-refractivity contribution in [2.75, 3.05) is 13.3 Å². The van der Waals surface area contributed by atoms with E-state index in [2.05, 4.69) is 0 Å². The van der Waals surface area contributed by atoms with E-state index in [-0.39, 0.29) is 19.1 Å². The molecular weight excluding hydrogens is 338 g/mol. The van der Waals surface area contributed by atoms with E-state index in [0.717, 1.165) is 5.56 Å². The zero-order valence-corrected chi connectivity index (χ0v) is 13.6. The summed E-state index contributed by atoms with van der Waals surface area (Å²) in [6, 6.07) is 5.47. The number of thioether (sulfide) groups is 1. The first-order chi connectivity index (χ1) is 11.1. The fourth-order valence-corrected chi connectivity index (χ4v) is 3.59. The van der Waals surface area contributed by atoms with Gasteiger partial charge in [-0.05, 0) is 18.6 Å². The summed E-state index contributed by atoms with van der Waals surface area (Å²) in [5, 5.41) is 8.68. The third-order valence-electron chi connectivity index (χ3n) is 3.36. The first-order valence-electron chi connectivity index (χ1n) is 6.92. The Morgan fingerprint density at radius 2 is 2.26 bits per heavy atom. The minimum atomic E-state index is -0.886. The number of carboxylic acids is 1. The highest BCUT2D eigenvalue weighted by molar-refractivity contribution is 8.26. The first kappa shape index (κ1) is 15.8. The number of carbonyl (C=O) groups is 2. The van der Waals surface area contributed by atoms with E-state index >= 15 is 0 Å². The third kappa shape index (κ3) is 3.32. The van der Waals surface area contributed by atoms with Crippen LogP contribution in [0.25, 0.3) is 6.08 Å². The van der Waals surface area contributed by atoms with Crippen molar-refractivity contribution < 1.29 is 24.2 Å². The molecule has 1 fully saturated rings. The Bertz CT molecular complexity index is 716. The number of rotatable bonds is 5. The number of para-hydroxylation sites is 1. The number of benzene rings is 1. The van der Waals surface area contributed by atoms with Crippen molar-refractivity contribution in [3.05, 3.63) is 28.7 Å². The number of thiocarbonyl (C=S) groups is 1. The normalized spacial score (nSPS) is 18.1. The van der Waals surface area contributed by atoms with Gasteiger partial charge in [-0.3, -0.25) is 14.5 Å². The predicted octanol–water partition coefficient (Wildman–Crippen LogP) is 2.48. The lowest BCUT2D eigenvalue weighted by molar-refractivity contribution is -0.137. The highest BCUT2D eigenvalue weighted by Gasteiger charge is 2.32. The summed E-state index contributed by atoms with van der Waals surface area (Å²) in [6.45, 7) is 0.469. The summed E-state index contributed by atoms with van der Waals surface area (Å²) >= 11 is 6.42. The second kappa shape index (κ2) is 6.59. The molecule has 0 saturated carbocycles. The Morgan fingerprint density at radius 3 is 3.04 bits per heavy atom. The van der Waals surface area contributed by atoms with Crippen molar-refractivity contribution in [1.82, 2.24) is 4.90 Å². The van der Waals surface area contributed by atoms with Crippen molar-refractivity contribution >= 4 is 46.3 Å². The molecule has 1 aromatic carbocycles. The van der Waals surface area contributed by atoms with Crippen LogP contribution in [0.3, 0.4) is 0 Å². The van der Waals surface area contributed by atoms with E-state index in [9.17, 15) is 9.59 Å². The quantitative estimate of drug-likeness (QED) is 0.645. The molecule has 1 amide bonds. The standard InChI is InChI=1S/C15H13NO5S2/c17-12(18)5-2-6-16-14(19)11(23-15(16)22)7-9-3-1-4-10-13(9)21-8-20-10/h1,3-4,7H,2,5-6,8H2,(H,17,18)/b11-7-. The Balaban J connectivity index is 1.77. The van der Waals surface area contributed by atoms with Crippen molar-refractivity contribution in [3.63, 3.8) is 0 Å². The van der Waals surface area contributed by atoms with Crippen LogP contribution in [0.5, 0.6) is 11.5 Å². The monoisotopic (exact) mass is 351 g/mol. The molecular formula is C15H13NO5S2. The van der Waals surface area contributed by atoms with E-state index in [1.807, 2.05) is 12.1 Å². The van der Waals surface area contributed by atoms with Gasteiger partial charge in [-0.15, -0.1) is 0 Å². The molecule has 23 heavy (non-hydrogen) atoms. The Hall–Kier alpha value is -2.06. The van der Waals surface area contributed by atoms with E-state index in [1.165, 1.54) is 16.7 Å². The van der Waals surface area contributed by atoms with Gasteiger partial charge in [0.1, 0.15) is 4.32 Å². The van der Waals surface area contributed by atoms with Gasteiger partial charge >= 0.3 is 5.97 Å². The van der Waals surface area contributed by atoms with Crippen molar-refractivity contribution in [2.24, 2.45) is 0 Å². The molecule has 1 saturated heterocycles. The molecule has 120 valence electrons. The molecule has 0 radical (unpaired) electrons. The molecule has 0 unspecified atom stereocenters. The SMILES string of the molecule is O=C(O)CCCN1C(=O)/C(=C/c2cccc3c2OCO3)SC1=S. The molecule has 0 spiro atoms. The van der Waals surface area contributed by atoms with Crippen LogP contribution in [0.4, 0.5) is 0 Å². The molecule has 0 atom stereocenters. The third-order valence-corrected chi connectivity index (χ3v) is 4.74. The summed E-state index contributed by atoms with van der Waals surface area (Å²) < 4.78 is 11.2. The fourth-order valence-electron chi connectivity index (χ4n) is 2.29. The number of amides is 1. The maximum atomic E-state index is 12.4. The Kier molecular flexibility index (Phi) is 4.53. The number of hydrogen-bond donors (Lipinski definition) is 1. The molecule has 3 rings (SSSR count). The molecule has 2 aliphatic heterocycles. The minimum Gasteiger partial charge on any atom is -0.481 e. The zero-order valence-electron chi connectivity index (χ0n) is 12.0.